The summed E-state index contributed by atoms with van der Waals surface area (Å²) in [4.78, 5) is 23.6. The van der Waals surface area contributed by atoms with Gasteiger partial charge < -0.3 is 10.0 Å². The number of rotatable bonds is 4. The summed E-state index contributed by atoms with van der Waals surface area (Å²) in [5.74, 6) is -4.76. The van der Waals surface area contributed by atoms with E-state index >= 15 is 0 Å². The van der Waals surface area contributed by atoms with Crippen LogP contribution in [0.1, 0.15) is 16.8 Å². The Hall–Kier alpha value is -2.03. The van der Waals surface area contributed by atoms with E-state index in [4.69, 9.17) is 5.11 Å². The van der Waals surface area contributed by atoms with Crippen LogP contribution in [0.25, 0.3) is 0 Å². The standard InChI is InChI=1S/C12H11F2NO5S/c13-11-8(12(17)18)2-1-3-9(11)15-5-7(4-10(15)16)6-21(14,19)20/h1-3,7H,4-6H2,(H,17,18). The Morgan fingerprint density at radius 2 is 2.10 bits per heavy atom. The van der Waals surface area contributed by atoms with Crippen LogP contribution in [0.5, 0.6) is 0 Å². The predicted molar refractivity (Wildman–Crippen MR) is 68.7 cm³/mol. The Balaban J connectivity index is 2.29. The molecule has 1 saturated heterocycles. The molecular formula is C12H11F2NO5S. The van der Waals surface area contributed by atoms with E-state index in [-0.39, 0.29) is 18.7 Å². The molecule has 0 aromatic heterocycles. The van der Waals surface area contributed by atoms with Crippen LogP contribution in [0.15, 0.2) is 18.2 Å². The molecule has 1 atom stereocenters. The summed E-state index contributed by atoms with van der Waals surface area (Å²) in [6.45, 7) is -0.179. The molecule has 0 radical (unpaired) electrons. The highest BCUT2D eigenvalue weighted by atomic mass is 32.3. The number of nitrogens with zero attached hydrogens (tertiary/aromatic N) is 1. The van der Waals surface area contributed by atoms with Gasteiger partial charge in [0.25, 0.3) is 0 Å². The third-order valence-electron chi connectivity index (χ3n) is 3.14. The van der Waals surface area contributed by atoms with E-state index < -0.39 is 45.2 Å². The summed E-state index contributed by atoms with van der Waals surface area (Å²) in [5.41, 5.74) is -0.847. The maximum Gasteiger partial charge on any atom is 0.338 e. The van der Waals surface area contributed by atoms with Gasteiger partial charge in [-0.25, -0.2) is 9.18 Å². The first-order valence-corrected chi connectivity index (χ1v) is 7.49. The Bertz CT molecular complexity index is 704. The maximum atomic E-state index is 14.0. The molecule has 1 aromatic carbocycles. The van der Waals surface area contributed by atoms with Crippen LogP contribution in [0.4, 0.5) is 14.0 Å². The van der Waals surface area contributed by atoms with E-state index in [1.165, 1.54) is 12.1 Å². The molecule has 0 saturated carbocycles. The first-order chi connectivity index (χ1) is 9.69. The second kappa shape index (κ2) is 5.40. The van der Waals surface area contributed by atoms with Crippen LogP contribution in [0.2, 0.25) is 0 Å². The average Bonchev–Trinajstić information content (AvgIpc) is 2.67. The molecule has 21 heavy (non-hydrogen) atoms. The van der Waals surface area contributed by atoms with Crippen molar-refractivity contribution in [1.29, 1.82) is 0 Å². The molecule has 0 bridgehead atoms. The first kappa shape index (κ1) is 15.4. The van der Waals surface area contributed by atoms with Gasteiger partial charge >= 0.3 is 16.2 Å². The quantitative estimate of drug-likeness (QED) is 0.841. The summed E-state index contributed by atoms with van der Waals surface area (Å²) in [5, 5.41) is 8.83. The third-order valence-corrected chi connectivity index (χ3v) is 4.01. The molecule has 0 spiro atoms. The monoisotopic (exact) mass is 319 g/mol. The fourth-order valence-corrected chi connectivity index (χ4v) is 3.09. The van der Waals surface area contributed by atoms with Crippen LogP contribution in [0.3, 0.4) is 0 Å². The normalized spacial score (nSPS) is 19.0. The zero-order valence-electron chi connectivity index (χ0n) is 10.6. The molecule has 114 valence electrons. The van der Waals surface area contributed by atoms with Gasteiger partial charge in [-0.3, -0.25) is 4.79 Å². The van der Waals surface area contributed by atoms with Gasteiger partial charge in [-0.2, -0.15) is 8.42 Å². The van der Waals surface area contributed by atoms with Crippen molar-refractivity contribution in [2.75, 3.05) is 17.2 Å². The summed E-state index contributed by atoms with van der Waals surface area (Å²) in [7, 11) is -4.74. The highest BCUT2D eigenvalue weighted by Gasteiger charge is 2.35. The Morgan fingerprint density at radius 3 is 2.67 bits per heavy atom. The van der Waals surface area contributed by atoms with E-state index in [2.05, 4.69) is 0 Å². The number of aromatic carboxylic acids is 1. The number of halogens is 2. The molecule has 9 heteroatoms. The minimum absolute atomic E-state index is 0.179. The summed E-state index contributed by atoms with van der Waals surface area (Å²) < 4.78 is 47.9. The molecule has 1 N–H and O–H groups in total. The van der Waals surface area contributed by atoms with Crippen LogP contribution in [0, 0.1) is 11.7 Å². The largest absolute Gasteiger partial charge is 0.478 e. The lowest BCUT2D eigenvalue weighted by Gasteiger charge is -2.18. The first-order valence-electron chi connectivity index (χ1n) is 5.93. The van der Waals surface area contributed by atoms with Gasteiger partial charge in [0.2, 0.25) is 5.91 Å². The average molecular weight is 319 g/mol. The molecule has 6 nitrogen and oxygen atoms in total. The van der Waals surface area contributed by atoms with Crippen LogP contribution in [-0.2, 0) is 15.0 Å². The number of amides is 1. The van der Waals surface area contributed by atoms with Crippen molar-refractivity contribution < 1.29 is 31.4 Å². The van der Waals surface area contributed by atoms with Crippen molar-refractivity contribution in [3.05, 3.63) is 29.6 Å². The van der Waals surface area contributed by atoms with Crippen molar-refractivity contribution in [3.63, 3.8) is 0 Å². The van der Waals surface area contributed by atoms with Crippen molar-refractivity contribution in [3.8, 4) is 0 Å². The number of carbonyl (C=O) groups is 2. The van der Waals surface area contributed by atoms with Crippen LogP contribution in [-0.4, -0.2) is 37.7 Å². The Kier molecular flexibility index (Phi) is 3.95. The molecule has 1 aromatic rings. The van der Waals surface area contributed by atoms with Gasteiger partial charge in [0.05, 0.1) is 17.0 Å². The fraction of sp³-hybridized carbons (Fsp3) is 0.333. The minimum atomic E-state index is -4.74. The Morgan fingerprint density at radius 1 is 1.43 bits per heavy atom. The van der Waals surface area contributed by atoms with Gasteiger partial charge in [0.1, 0.15) is 0 Å². The van der Waals surface area contributed by atoms with Crippen LogP contribution >= 0.6 is 0 Å². The third kappa shape index (κ3) is 3.35. The van der Waals surface area contributed by atoms with E-state index in [0.29, 0.717) is 0 Å². The molecular weight excluding hydrogens is 308 g/mol. The lowest BCUT2D eigenvalue weighted by molar-refractivity contribution is -0.117. The number of hydrogen-bond acceptors (Lipinski definition) is 4. The molecule has 1 amide bonds. The number of carbonyl (C=O) groups excluding carboxylic acids is 1. The van der Waals surface area contributed by atoms with Crippen molar-refractivity contribution in [2.45, 2.75) is 6.42 Å². The van der Waals surface area contributed by atoms with Gasteiger partial charge in [0.15, 0.2) is 5.82 Å². The highest BCUT2D eigenvalue weighted by Crippen LogP contribution is 2.29. The van der Waals surface area contributed by atoms with Crippen LogP contribution < -0.4 is 4.90 Å². The minimum Gasteiger partial charge on any atom is -0.478 e. The predicted octanol–water partition coefficient (Wildman–Crippen LogP) is 1.18. The van der Waals surface area contributed by atoms with Gasteiger partial charge in [-0.05, 0) is 12.1 Å². The van der Waals surface area contributed by atoms with E-state index in [0.717, 1.165) is 11.0 Å². The summed E-state index contributed by atoms with van der Waals surface area (Å²) in [6, 6.07) is 3.53. The molecule has 1 aliphatic rings. The molecule has 1 unspecified atom stereocenters. The molecule has 1 fully saturated rings. The van der Waals surface area contributed by atoms with Gasteiger partial charge in [-0.1, -0.05) is 6.07 Å². The zero-order chi connectivity index (χ0) is 15.8. The van der Waals surface area contributed by atoms with Crippen molar-refractivity contribution in [1.82, 2.24) is 0 Å². The molecule has 1 aliphatic heterocycles. The van der Waals surface area contributed by atoms with Gasteiger partial charge in [-0.15, -0.1) is 3.89 Å². The SMILES string of the molecule is O=C(O)c1cccc(N2CC(CS(=O)(=O)F)CC2=O)c1F. The smallest absolute Gasteiger partial charge is 0.338 e. The Labute approximate surface area is 119 Å². The van der Waals surface area contributed by atoms with E-state index in [1.807, 2.05) is 0 Å². The van der Waals surface area contributed by atoms with E-state index in [1.54, 1.807) is 0 Å². The second-order valence-corrected chi connectivity index (χ2v) is 6.13. The summed E-state index contributed by atoms with van der Waals surface area (Å²) in [6.07, 6.45) is -0.236. The lowest BCUT2D eigenvalue weighted by atomic mass is 10.1. The number of carboxylic acids is 1. The number of carboxylic acid groups (broad SMARTS) is 1. The topological polar surface area (TPSA) is 91.8 Å². The second-order valence-electron chi connectivity index (χ2n) is 4.72. The number of benzene rings is 1. The summed E-state index contributed by atoms with van der Waals surface area (Å²) >= 11 is 0. The number of anilines is 1. The van der Waals surface area contributed by atoms with Gasteiger partial charge in [0, 0.05) is 18.9 Å². The van der Waals surface area contributed by atoms with Crippen molar-refractivity contribution in [2.24, 2.45) is 5.92 Å². The molecule has 0 aliphatic carbocycles. The lowest BCUT2D eigenvalue weighted by Crippen LogP contribution is -2.27. The molecule has 1 heterocycles. The number of hydrogen-bond donors (Lipinski definition) is 1. The zero-order valence-corrected chi connectivity index (χ0v) is 11.4. The molecule has 2 rings (SSSR count). The fourth-order valence-electron chi connectivity index (χ4n) is 2.30. The highest BCUT2D eigenvalue weighted by molar-refractivity contribution is 7.86. The van der Waals surface area contributed by atoms with Crippen molar-refractivity contribution >= 4 is 27.8 Å². The van der Waals surface area contributed by atoms with E-state index in [9.17, 15) is 26.3 Å². The maximum absolute atomic E-state index is 14.0.